The molecule has 6 nitrogen and oxygen atoms in total. The Kier molecular flexibility index (Phi) is 3.65. The van der Waals surface area contributed by atoms with Crippen LogP contribution in [0.1, 0.15) is 13.8 Å². The van der Waals surface area contributed by atoms with Gasteiger partial charge < -0.3 is 4.90 Å². The molecule has 17 heavy (non-hydrogen) atoms. The molecule has 6 heteroatoms. The highest BCUT2D eigenvalue weighted by atomic mass is 16.2. The van der Waals surface area contributed by atoms with Gasteiger partial charge in [-0.3, -0.25) is 19.3 Å². The van der Waals surface area contributed by atoms with Crippen molar-refractivity contribution in [3.8, 4) is 0 Å². The van der Waals surface area contributed by atoms with Gasteiger partial charge in [0.2, 0.25) is 11.9 Å². The molecule has 0 spiro atoms. The van der Waals surface area contributed by atoms with Gasteiger partial charge >= 0.3 is 0 Å². The van der Waals surface area contributed by atoms with Crippen molar-refractivity contribution in [3.63, 3.8) is 0 Å². The van der Waals surface area contributed by atoms with E-state index in [1.54, 1.807) is 32.8 Å². The summed E-state index contributed by atoms with van der Waals surface area (Å²) in [5, 5.41) is 0. The zero-order valence-corrected chi connectivity index (χ0v) is 10.7. The molecule has 0 saturated heterocycles. The van der Waals surface area contributed by atoms with Crippen molar-refractivity contribution in [3.05, 3.63) is 0 Å². The largest absolute Gasteiger partial charge is 0.348 e. The van der Waals surface area contributed by atoms with Crippen molar-refractivity contribution >= 4 is 23.6 Å². The number of carbonyl (C=O) groups excluding carboxylic acids is 3. The number of hydrogen-bond acceptors (Lipinski definition) is 4. The average molecular weight is 239 g/mol. The Morgan fingerprint density at radius 1 is 1.35 bits per heavy atom. The molecule has 0 fully saturated rings. The lowest BCUT2D eigenvalue weighted by molar-refractivity contribution is -0.146. The summed E-state index contributed by atoms with van der Waals surface area (Å²) in [6.45, 7) is 3.32. The van der Waals surface area contributed by atoms with Crippen LogP contribution in [-0.4, -0.2) is 54.5 Å². The normalized spacial score (nSPS) is 20.7. The van der Waals surface area contributed by atoms with Crippen LogP contribution in [0.15, 0.2) is 4.99 Å². The average Bonchev–Trinajstić information content (AvgIpc) is 2.22. The SMILES string of the molecule is CC(C)C(=O)C1C(=O)N=C(N(C)C)N(C)C1=O. The van der Waals surface area contributed by atoms with Gasteiger partial charge in [-0.15, -0.1) is 0 Å². The molecule has 1 rings (SSSR count). The molecule has 1 unspecified atom stereocenters. The van der Waals surface area contributed by atoms with E-state index in [1.165, 1.54) is 11.9 Å². The number of carbonyl (C=O) groups is 3. The highest BCUT2D eigenvalue weighted by Gasteiger charge is 2.42. The molecule has 1 heterocycles. The number of rotatable bonds is 2. The van der Waals surface area contributed by atoms with E-state index in [4.69, 9.17) is 0 Å². The first-order chi connectivity index (χ1) is 7.77. The summed E-state index contributed by atoms with van der Waals surface area (Å²) < 4.78 is 0. The van der Waals surface area contributed by atoms with Gasteiger partial charge in [0.15, 0.2) is 11.7 Å². The summed E-state index contributed by atoms with van der Waals surface area (Å²) in [6, 6.07) is 0. The van der Waals surface area contributed by atoms with Crippen LogP contribution in [0.5, 0.6) is 0 Å². The molecule has 0 N–H and O–H groups in total. The third kappa shape index (κ3) is 2.35. The van der Waals surface area contributed by atoms with Crippen molar-refractivity contribution in [2.75, 3.05) is 21.1 Å². The summed E-state index contributed by atoms with van der Waals surface area (Å²) in [6.07, 6.45) is 0. The van der Waals surface area contributed by atoms with Crippen molar-refractivity contribution in [2.24, 2.45) is 16.8 Å². The maximum Gasteiger partial charge on any atom is 0.269 e. The van der Waals surface area contributed by atoms with Crippen LogP contribution in [0.25, 0.3) is 0 Å². The Balaban J connectivity index is 3.12. The molecule has 0 aliphatic carbocycles. The van der Waals surface area contributed by atoms with E-state index in [-0.39, 0.29) is 17.7 Å². The van der Waals surface area contributed by atoms with Crippen molar-refractivity contribution < 1.29 is 14.4 Å². The first kappa shape index (κ1) is 13.3. The number of nitrogens with zero attached hydrogens (tertiary/aromatic N) is 3. The van der Waals surface area contributed by atoms with Gasteiger partial charge in [0, 0.05) is 27.1 Å². The number of hydrogen-bond donors (Lipinski definition) is 0. The van der Waals surface area contributed by atoms with Crippen molar-refractivity contribution in [2.45, 2.75) is 13.8 Å². The second-order valence-electron chi connectivity index (χ2n) is 4.53. The first-order valence-electron chi connectivity index (χ1n) is 5.38. The minimum absolute atomic E-state index is 0.257. The second kappa shape index (κ2) is 4.65. The third-order valence-corrected chi connectivity index (χ3v) is 2.59. The Morgan fingerprint density at radius 2 is 1.88 bits per heavy atom. The fourth-order valence-electron chi connectivity index (χ4n) is 1.61. The van der Waals surface area contributed by atoms with Gasteiger partial charge in [-0.2, -0.15) is 4.99 Å². The van der Waals surface area contributed by atoms with Crippen LogP contribution in [-0.2, 0) is 14.4 Å². The Morgan fingerprint density at radius 3 is 2.29 bits per heavy atom. The lowest BCUT2D eigenvalue weighted by Gasteiger charge is -2.30. The fraction of sp³-hybridized carbons (Fsp3) is 0.636. The predicted octanol–water partition coefficient (Wildman–Crippen LogP) is -0.256. The summed E-state index contributed by atoms with van der Waals surface area (Å²) in [5.41, 5.74) is 0. The standard InChI is InChI=1S/C11H17N3O3/c1-6(2)8(15)7-9(16)12-11(13(3)4)14(5)10(7)17/h6-7H,1-5H3. The topological polar surface area (TPSA) is 70.1 Å². The molecule has 0 aromatic carbocycles. The predicted molar refractivity (Wildman–Crippen MR) is 62.2 cm³/mol. The van der Waals surface area contributed by atoms with E-state index in [0.29, 0.717) is 0 Å². The summed E-state index contributed by atoms with van der Waals surface area (Å²) in [7, 11) is 4.87. The molecule has 1 aliphatic heterocycles. The monoisotopic (exact) mass is 239 g/mol. The van der Waals surface area contributed by atoms with E-state index in [0.717, 1.165) is 0 Å². The maximum absolute atomic E-state index is 12.0. The number of amides is 2. The Hall–Kier alpha value is -1.72. The van der Waals surface area contributed by atoms with Gasteiger partial charge in [0.1, 0.15) is 0 Å². The lowest BCUT2D eigenvalue weighted by atomic mass is 9.92. The maximum atomic E-state index is 12.0. The van der Waals surface area contributed by atoms with E-state index >= 15 is 0 Å². The molecule has 0 aromatic rings. The first-order valence-corrected chi connectivity index (χ1v) is 5.38. The highest BCUT2D eigenvalue weighted by molar-refractivity contribution is 6.25. The Bertz CT molecular complexity index is 399. The molecule has 0 saturated carbocycles. The number of Topliss-reactive ketones (excluding diaryl/α,β-unsaturated/α-hetero) is 1. The van der Waals surface area contributed by atoms with Gasteiger partial charge in [-0.25, -0.2) is 0 Å². The zero-order chi connectivity index (χ0) is 13.3. The zero-order valence-electron chi connectivity index (χ0n) is 10.7. The van der Waals surface area contributed by atoms with Crippen LogP contribution in [0, 0.1) is 11.8 Å². The van der Waals surface area contributed by atoms with Crippen molar-refractivity contribution in [1.29, 1.82) is 0 Å². The molecular formula is C11H17N3O3. The van der Waals surface area contributed by atoms with Crippen LogP contribution in [0.3, 0.4) is 0 Å². The van der Waals surface area contributed by atoms with Crippen LogP contribution < -0.4 is 0 Å². The van der Waals surface area contributed by atoms with Crippen LogP contribution in [0.4, 0.5) is 0 Å². The fourth-order valence-corrected chi connectivity index (χ4v) is 1.61. The molecule has 0 radical (unpaired) electrons. The number of ketones is 1. The molecule has 0 bridgehead atoms. The molecular weight excluding hydrogens is 222 g/mol. The van der Waals surface area contributed by atoms with E-state index in [1.807, 2.05) is 0 Å². The van der Waals surface area contributed by atoms with E-state index < -0.39 is 17.7 Å². The highest BCUT2D eigenvalue weighted by Crippen LogP contribution is 2.17. The number of guanidine groups is 1. The smallest absolute Gasteiger partial charge is 0.269 e. The minimum atomic E-state index is -1.27. The Labute approximate surface area is 100 Å². The van der Waals surface area contributed by atoms with Crippen LogP contribution >= 0.6 is 0 Å². The summed E-state index contributed by atoms with van der Waals surface area (Å²) in [4.78, 5) is 42.1. The lowest BCUT2D eigenvalue weighted by Crippen LogP contribution is -2.53. The summed E-state index contributed by atoms with van der Waals surface area (Å²) in [5.74, 6) is -2.94. The quantitative estimate of drug-likeness (QED) is 0.623. The third-order valence-electron chi connectivity index (χ3n) is 2.59. The van der Waals surface area contributed by atoms with Crippen molar-refractivity contribution in [1.82, 2.24) is 9.80 Å². The van der Waals surface area contributed by atoms with Gasteiger partial charge in [-0.1, -0.05) is 13.8 Å². The van der Waals surface area contributed by atoms with E-state index in [9.17, 15) is 14.4 Å². The summed E-state index contributed by atoms with van der Waals surface area (Å²) >= 11 is 0. The molecule has 94 valence electrons. The number of aliphatic imine (C=N–C) groups is 1. The van der Waals surface area contributed by atoms with Gasteiger partial charge in [0.25, 0.3) is 5.91 Å². The van der Waals surface area contributed by atoms with Gasteiger partial charge in [-0.05, 0) is 0 Å². The molecule has 2 amide bonds. The minimum Gasteiger partial charge on any atom is -0.348 e. The van der Waals surface area contributed by atoms with E-state index in [2.05, 4.69) is 4.99 Å². The molecule has 1 aliphatic rings. The van der Waals surface area contributed by atoms with Crippen LogP contribution in [0.2, 0.25) is 0 Å². The van der Waals surface area contributed by atoms with Gasteiger partial charge in [0.05, 0.1) is 0 Å². The molecule has 0 aromatic heterocycles. The molecule has 1 atom stereocenters. The second-order valence-corrected chi connectivity index (χ2v) is 4.53.